The molecular formula is C20H21BrN2O5S. The van der Waals surface area contributed by atoms with Crippen molar-refractivity contribution in [3.05, 3.63) is 52.0 Å². The third kappa shape index (κ3) is 3.89. The van der Waals surface area contributed by atoms with Crippen LogP contribution in [-0.2, 0) is 29.8 Å². The first kappa shape index (κ1) is 21.3. The molecule has 29 heavy (non-hydrogen) atoms. The second-order valence-corrected chi connectivity index (χ2v) is 9.90. The van der Waals surface area contributed by atoms with Gasteiger partial charge in [0, 0.05) is 10.2 Å². The summed E-state index contributed by atoms with van der Waals surface area (Å²) in [6.45, 7) is 5.08. The fourth-order valence-corrected chi connectivity index (χ4v) is 5.07. The monoisotopic (exact) mass is 480 g/mol. The van der Waals surface area contributed by atoms with Crippen LogP contribution in [-0.4, -0.2) is 33.9 Å². The van der Waals surface area contributed by atoms with Crippen LogP contribution in [0.1, 0.15) is 25.0 Å². The number of hydrogen-bond acceptors (Lipinski definition) is 5. The first-order valence-electron chi connectivity index (χ1n) is 8.79. The van der Waals surface area contributed by atoms with E-state index in [1.54, 1.807) is 32.0 Å². The molecule has 0 spiro atoms. The Bertz CT molecular complexity index is 1110. The molecule has 0 atom stereocenters. The van der Waals surface area contributed by atoms with Gasteiger partial charge in [-0.3, -0.25) is 14.3 Å². The van der Waals surface area contributed by atoms with Crippen LogP contribution in [0.3, 0.4) is 0 Å². The number of ether oxygens (including phenoxy) is 1. The van der Waals surface area contributed by atoms with Crippen molar-refractivity contribution in [2.24, 2.45) is 0 Å². The maximum atomic E-state index is 12.9. The Kier molecular flexibility index (Phi) is 5.48. The van der Waals surface area contributed by atoms with Gasteiger partial charge in [-0.05, 0) is 78.2 Å². The van der Waals surface area contributed by atoms with E-state index in [1.165, 1.54) is 24.1 Å². The van der Waals surface area contributed by atoms with E-state index < -0.39 is 21.4 Å². The molecule has 3 rings (SSSR count). The molecule has 0 unspecified atom stereocenters. The predicted octanol–water partition coefficient (Wildman–Crippen LogP) is 3.36. The average Bonchev–Trinajstić information content (AvgIpc) is 2.84. The predicted molar refractivity (Wildman–Crippen MR) is 114 cm³/mol. The highest BCUT2D eigenvalue weighted by Gasteiger charge is 2.45. The first-order valence-corrected chi connectivity index (χ1v) is 11.1. The number of sulfonamides is 1. The zero-order valence-electron chi connectivity index (χ0n) is 16.4. The summed E-state index contributed by atoms with van der Waals surface area (Å²) in [5, 5.41) is 0. The number of aryl methyl sites for hydroxylation is 1. The second kappa shape index (κ2) is 7.46. The van der Waals surface area contributed by atoms with E-state index in [2.05, 4.69) is 25.4 Å². The van der Waals surface area contributed by atoms with Gasteiger partial charge in [0.2, 0.25) is 5.91 Å². The Morgan fingerprint density at radius 1 is 1.21 bits per heavy atom. The van der Waals surface area contributed by atoms with Crippen LogP contribution in [0.4, 0.5) is 11.4 Å². The maximum absolute atomic E-state index is 12.9. The van der Waals surface area contributed by atoms with Crippen LogP contribution in [0.2, 0.25) is 0 Å². The SMILES string of the molecule is COC(=O)CN1C(=O)C(C)(C)c2cc(S(=O)(=O)Nc3ccc(C)cc3Br)ccc21. The Morgan fingerprint density at radius 3 is 2.52 bits per heavy atom. The van der Waals surface area contributed by atoms with Crippen molar-refractivity contribution in [3.63, 3.8) is 0 Å². The molecule has 0 saturated heterocycles. The molecule has 2 aromatic rings. The number of anilines is 2. The summed E-state index contributed by atoms with van der Waals surface area (Å²) in [4.78, 5) is 25.9. The Labute approximate surface area is 178 Å². The minimum atomic E-state index is -3.88. The van der Waals surface area contributed by atoms with Crippen LogP contribution in [0.15, 0.2) is 45.8 Å². The number of fused-ring (bicyclic) bond motifs is 1. The van der Waals surface area contributed by atoms with Crippen molar-refractivity contribution >= 4 is 49.2 Å². The second-order valence-electron chi connectivity index (χ2n) is 7.36. The van der Waals surface area contributed by atoms with Crippen LogP contribution < -0.4 is 9.62 Å². The Hall–Kier alpha value is -2.39. The van der Waals surface area contributed by atoms with Crippen LogP contribution in [0, 0.1) is 6.92 Å². The highest BCUT2D eigenvalue weighted by Crippen LogP contribution is 2.42. The molecule has 0 saturated carbocycles. The largest absolute Gasteiger partial charge is 0.468 e. The normalized spacial score (nSPS) is 15.2. The van der Waals surface area contributed by atoms with Crippen molar-refractivity contribution in [1.29, 1.82) is 0 Å². The van der Waals surface area contributed by atoms with Crippen molar-refractivity contribution in [2.75, 3.05) is 23.3 Å². The molecule has 0 bridgehead atoms. The fourth-order valence-electron chi connectivity index (χ4n) is 3.24. The van der Waals surface area contributed by atoms with Gasteiger partial charge in [-0.2, -0.15) is 0 Å². The van der Waals surface area contributed by atoms with Gasteiger partial charge in [-0.1, -0.05) is 6.07 Å². The molecule has 154 valence electrons. The number of benzene rings is 2. The van der Waals surface area contributed by atoms with Gasteiger partial charge in [-0.25, -0.2) is 8.42 Å². The first-order chi connectivity index (χ1) is 13.5. The van der Waals surface area contributed by atoms with Gasteiger partial charge >= 0.3 is 5.97 Å². The van der Waals surface area contributed by atoms with Gasteiger partial charge in [-0.15, -0.1) is 0 Å². The number of esters is 1. The van der Waals surface area contributed by atoms with Crippen molar-refractivity contribution in [3.8, 4) is 0 Å². The molecule has 7 nitrogen and oxygen atoms in total. The van der Waals surface area contributed by atoms with Crippen molar-refractivity contribution in [2.45, 2.75) is 31.1 Å². The highest BCUT2D eigenvalue weighted by molar-refractivity contribution is 9.10. The molecule has 0 aromatic heterocycles. The molecule has 1 amide bonds. The van der Waals surface area contributed by atoms with Gasteiger partial charge in [0.25, 0.3) is 10.0 Å². The highest BCUT2D eigenvalue weighted by atomic mass is 79.9. The number of hydrogen-bond donors (Lipinski definition) is 1. The van der Waals surface area contributed by atoms with E-state index in [0.717, 1.165) is 5.56 Å². The van der Waals surface area contributed by atoms with E-state index >= 15 is 0 Å². The van der Waals surface area contributed by atoms with Gasteiger partial charge < -0.3 is 9.64 Å². The van der Waals surface area contributed by atoms with Crippen molar-refractivity contribution in [1.82, 2.24) is 0 Å². The lowest BCUT2D eigenvalue weighted by Gasteiger charge is -2.19. The summed E-state index contributed by atoms with van der Waals surface area (Å²) >= 11 is 3.36. The van der Waals surface area contributed by atoms with E-state index in [1.807, 2.05) is 13.0 Å². The minimum Gasteiger partial charge on any atom is -0.468 e. The summed E-state index contributed by atoms with van der Waals surface area (Å²) in [5.74, 6) is -0.841. The number of halogens is 1. The summed E-state index contributed by atoms with van der Waals surface area (Å²) < 4.78 is 33.7. The number of methoxy groups -OCH3 is 1. The van der Waals surface area contributed by atoms with Gasteiger partial charge in [0.15, 0.2) is 0 Å². The molecule has 9 heteroatoms. The lowest BCUT2D eigenvalue weighted by Crippen LogP contribution is -2.39. The molecular weight excluding hydrogens is 460 g/mol. The molecule has 0 aliphatic carbocycles. The zero-order chi connectivity index (χ0) is 21.6. The number of rotatable bonds is 5. The lowest BCUT2D eigenvalue weighted by atomic mass is 9.86. The summed E-state index contributed by atoms with van der Waals surface area (Å²) in [6.07, 6.45) is 0. The molecule has 1 heterocycles. The smallest absolute Gasteiger partial charge is 0.325 e. The lowest BCUT2D eigenvalue weighted by molar-refractivity contribution is -0.140. The summed E-state index contributed by atoms with van der Waals surface area (Å²) in [7, 11) is -2.64. The van der Waals surface area contributed by atoms with E-state index in [0.29, 0.717) is 21.4 Å². The molecule has 0 fully saturated rings. The summed E-state index contributed by atoms with van der Waals surface area (Å²) in [6, 6.07) is 9.74. The standard InChI is InChI=1S/C20H21BrN2O5S/c1-12-5-7-16(15(21)9-12)22-29(26,27)13-6-8-17-14(10-13)20(2,3)19(25)23(17)11-18(24)28-4/h5-10,22H,11H2,1-4H3. The average molecular weight is 481 g/mol. The van der Waals surface area contributed by atoms with E-state index in [9.17, 15) is 18.0 Å². The number of amides is 1. The quantitative estimate of drug-likeness (QED) is 0.662. The molecule has 2 aromatic carbocycles. The van der Waals surface area contributed by atoms with Crippen LogP contribution in [0.25, 0.3) is 0 Å². The third-order valence-corrected chi connectivity index (χ3v) is 6.93. The van der Waals surface area contributed by atoms with Crippen LogP contribution >= 0.6 is 15.9 Å². The van der Waals surface area contributed by atoms with E-state index in [4.69, 9.17) is 0 Å². The molecule has 1 aliphatic rings. The Morgan fingerprint density at radius 2 is 1.90 bits per heavy atom. The topological polar surface area (TPSA) is 92.8 Å². The van der Waals surface area contributed by atoms with Gasteiger partial charge in [0.05, 0.1) is 23.1 Å². The maximum Gasteiger partial charge on any atom is 0.325 e. The molecule has 1 aliphatic heterocycles. The zero-order valence-corrected chi connectivity index (χ0v) is 18.8. The Balaban J connectivity index is 2.00. The van der Waals surface area contributed by atoms with Gasteiger partial charge in [0.1, 0.15) is 6.54 Å². The summed E-state index contributed by atoms with van der Waals surface area (Å²) in [5.41, 5.74) is 1.47. The number of nitrogens with zero attached hydrogens (tertiary/aromatic N) is 1. The third-order valence-electron chi connectivity index (χ3n) is 4.91. The van der Waals surface area contributed by atoms with Crippen LogP contribution in [0.5, 0.6) is 0 Å². The van der Waals surface area contributed by atoms with Crippen molar-refractivity contribution < 1.29 is 22.7 Å². The molecule has 0 radical (unpaired) electrons. The van der Waals surface area contributed by atoms with E-state index in [-0.39, 0.29) is 17.3 Å². The number of carbonyl (C=O) groups excluding carboxylic acids is 2. The fraction of sp³-hybridized carbons (Fsp3) is 0.300. The molecule has 1 N–H and O–H groups in total. The minimum absolute atomic E-state index is 0.0320. The number of nitrogens with one attached hydrogen (secondary N) is 1. The number of carbonyl (C=O) groups is 2.